The zero-order chi connectivity index (χ0) is 30.0. The molecule has 9 heteroatoms. The van der Waals surface area contributed by atoms with E-state index in [2.05, 4.69) is 23.0 Å². The maximum absolute atomic E-state index is 14.4. The molecule has 2 aliphatic heterocycles. The number of aromatic nitrogens is 2. The average molecular weight is 578 g/mol. The number of amides is 2. The number of halogens is 1. The number of methoxy groups -OCH3 is 1. The van der Waals surface area contributed by atoms with Gasteiger partial charge in [-0.3, -0.25) is 14.6 Å². The van der Waals surface area contributed by atoms with E-state index in [1.165, 1.54) is 17.7 Å². The molecule has 0 saturated carbocycles. The smallest absolute Gasteiger partial charge is 0.256 e. The van der Waals surface area contributed by atoms with Gasteiger partial charge >= 0.3 is 0 Å². The van der Waals surface area contributed by atoms with Crippen LogP contribution in [0, 0.1) is 24.6 Å². The molecule has 0 radical (unpaired) electrons. The number of benzene rings is 1. The number of hydrogen-bond acceptors (Lipinski definition) is 5. The number of likely N-dealkylation sites (tertiary alicyclic amines) is 2. The average Bonchev–Trinajstić information content (AvgIpc) is 3.57. The molecule has 5 rings (SSSR count). The monoisotopic (exact) mass is 577 g/mol. The van der Waals surface area contributed by atoms with Crippen LogP contribution < -0.4 is 0 Å². The number of pyridine rings is 1. The Labute approximate surface area is 248 Å². The van der Waals surface area contributed by atoms with E-state index >= 15 is 0 Å². The lowest BCUT2D eigenvalue weighted by molar-refractivity contribution is -0.136. The van der Waals surface area contributed by atoms with E-state index in [1.54, 1.807) is 25.1 Å². The van der Waals surface area contributed by atoms with E-state index in [0.29, 0.717) is 23.1 Å². The molecule has 0 bridgehead atoms. The summed E-state index contributed by atoms with van der Waals surface area (Å²) in [6.07, 6.45) is 10.0. The van der Waals surface area contributed by atoms with Crippen LogP contribution in [0.25, 0.3) is 16.6 Å². The first kappa shape index (κ1) is 30.2. The molecule has 42 heavy (non-hydrogen) atoms. The van der Waals surface area contributed by atoms with Gasteiger partial charge in [-0.1, -0.05) is 0 Å². The lowest BCUT2D eigenvalue weighted by atomic mass is 9.95. The van der Waals surface area contributed by atoms with E-state index in [9.17, 15) is 14.0 Å². The maximum atomic E-state index is 14.4. The molecule has 0 unspecified atom stereocenters. The maximum Gasteiger partial charge on any atom is 0.256 e. The highest BCUT2D eigenvalue weighted by Gasteiger charge is 2.29. The highest BCUT2D eigenvalue weighted by molar-refractivity contribution is 5.99. The van der Waals surface area contributed by atoms with Gasteiger partial charge in [-0.2, -0.15) is 0 Å². The Morgan fingerprint density at radius 1 is 1.12 bits per heavy atom. The molecule has 226 valence electrons. The second-order valence-electron chi connectivity index (χ2n) is 12.4. The Morgan fingerprint density at radius 2 is 1.86 bits per heavy atom. The van der Waals surface area contributed by atoms with Crippen LogP contribution >= 0.6 is 0 Å². The molecule has 2 amide bonds. The van der Waals surface area contributed by atoms with Crippen LogP contribution in [-0.2, 0) is 16.0 Å². The number of carbonyl (C=O) groups excluding carboxylic acids is 2. The predicted molar refractivity (Wildman–Crippen MR) is 162 cm³/mol. The van der Waals surface area contributed by atoms with E-state index in [4.69, 9.17) is 4.74 Å². The van der Waals surface area contributed by atoms with Crippen LogP contribution in [-0.4, -0.2) is 95.6 Å². The van der Waals surface area contributed by atoms with Gasteiger partial charge in [-0.25, -0.2) is 4.39 Å². The lowest BCUT2D eigenvalue weighted by Gasteiger charge is -2.33. The molecule has 1 atom stereocenters. The van der Waals surface area contributed by atoms with Crippen molar-refractivity contribution in [3.8, 4) is 5.69 Å². The van der Waals surface area contributed by atoms with Gasteiger partial charge in [0, 0.05) is 64.2 Å². The number of carbonyl (C=O) groups is 2. The van der Waals surface area contributed by atoms with Crippen LogP contribution in [0.4, 0.5) is 4.39 Å². The summed E-state index contributed by atoms with van der Waals surface area (Å²) in [5, 5.41) is 1.16. The summed E-state index contributed by atoms with van der Waals surface area (Å²) in [6.45, 7) is 11.0. The molecule has 0 spiro atoms. The number of ether oxygens (including phenoxy) is 1. The fourth-order valence-corrected chi connectivity index (χ4v) is 6.61. The first-order valence-corrected chi connectivity index (χ1v) is 15.2. The molecule has 4 heterocycles. The molecule has 2 fully saturated rings. The van der Waals surface area contributed by atoms with Gasteiger partial charge in [0.2, 0.25) is 5.91 Å². The van der Waals surface area contributed by atoms with Crippen LogP contribution in [0.5, 0.6) is 0 Å². The van der Waals surface area contributed by atoms with Crippen molar-refractivity contribution in [1.82, 2.24) is 24.3 Å². The summed E-state index contributed by atoms with van der Waals surface area (Å²) >= 11 is 0. The van der Waals surface area contributed by atoms with Crippen LogP contribution in [0.2, 0.25) is 0 Å². The van der Waals surface area contributed by atoms with Crippen LogP contribution in [0.15, 0.2) is 36.8 Å². The molecule has 2 aliphatic rings. The van der Waals surface area contributed by atoms with Crippen molar-refractivity contribution in [2.24, 2.45) is 11.8 Å². The first-order valence-electron chi connectivity index (χ1n) is 15.2. The summed E-state index contributed by atoms with van der Waals surface area (Å²) < 4.78 is 21.5. The summed E-state index contributed by atoms with van der Waals surface area (Å²) in [6, 6.07) is 4.46. The number of rotatable bonds is 9. The van der Waals surface area contributed by atoms with E-state index < -0.39 is 5.82 Å². The molecular weight excluding hydrogens is 533 g/mol. The zero-order valence-electron chi connectivity index (χ0n) is 25.6. The van der Waals surface area contributed by atoms with Gasteiger partial charge in [0.15, 0.2) is 0 Å². The summed E-state index contributed by atoms with van der Waals surface area (Å²) in [5.41, 5.74) is 4.28. The van der Waals surface area contributed by atoms with Gasteiger partial charge in [0.05, 0.1) is 23.0 Å². The number of nitrogens with zero attached hydrogens (tertiary/aromatic N) is 5. The highest BCUT2D eigenvalue weighted by atomic mass is 19.1. The molecule has 1 aromatic carbocycles. The minimum Gasteiger partial charge on any atom is -0.375 e. The van der Waals surface area contributed by atoms with Crippen LogP contribution in [0.3, 0.4) is 0 Å². The topological polar surface area (TPSA) is 70.9 Å². The Balaban J connectivity index is 1.33. The second-order valence-corrected chi connectivity index (χ2v) is 12.4. The zero-order valence-corrected chi connectivity index (χ0v) is 25.6. The first-order chi connectivity index (χ1) is 20.2. The SMILES string of the molecule is COCC(=O)N1CCC(CN2CC[C@@H](Cc3cn(-c4ccc(F)cc4C(=O)N(C)C(C)C)c4cncc(C)c34)C2)CC1. The number of fused-ring (bicyclic) bond motifs is 1. The Kier molecular flexibility index (Phi) is 9.28. The van der Waals surface area contributed by atoms with E-state index in [1.807, 2.05) is 35.7 Å². The van der Waals surface area contributed by atoms with Crippen molar-refractivity contribution in [2.75, 3.05) is 53.5 Å². The molecule has 8 nitrogen and oxygen atoms in total. The number of piperidine rings is 1. The summed E-state index contributed by atoms with van der Waals surface area (Å²) in [4.78, 5) is 36.2. The lowest BCUT2D eigenvalue weighted by Crippen LogP contribution is -2.42. The Bertz CT molecular complexity index is 1430. The quantitative estimate of drug-likeness (QED) is 0.369. The van der Waals surface area contributed by atoms with Crippen molar-refractivity contribution >= 4 is 22.7 Å². The van der Waals surface area contributed by atoms with Crippen molar-refractivity contribution < 1.29 is 18.7 Å². The minimum atomic E-state index is -0.427. The second kappa shape index (κ2) is 12.9. The largest absolute Gasteiger partial charge is 0.375 e. The fraction of sp³-hybridized carbons (Fsp3) is 0.545. The van der Waals surface area contributed by atoms with Crippen molar-refractivity contribution in [3.05, 3.63) is 59.3 Å². The minimum absolute atomic E-state index is 0.00879. The fourth-order valence-electron chi connectivity index (χ4n) is 6.61. The van der Waals surface area contributed by atoms with Crippen molar-refractivity contribution in [3.63, 3.8) is 0 Å². The molecule has 0 aliphatic carbocycles. The van der Waals surface area contributed by atoms with Gasteiger partial charge in [-0.15, -0.1) is 0 Å². The molecule has 2 aromatic heterocycles. The van der Waals surface area contributed by atoms with Crippen molar-refractivity contribution in [2.45, 2.75) is 52.5 Å². The number of aryl methyl sites for hydroxylation is 1. The van der Waals surface area contributed by atoms with Gasteiger partial charge in [-0.05, 0) is 94.2 Å². The standard InChI is InChI=1S/C33H44FN5O3/c1-22(2)36(4)33(41)28-15-27(34)6-7-29(28)39-20-26(32-23(3)16-35-17-30(32)39)14-25-8-11-37(19-25)18-24-9-12-38(13-10-24)31(40)21-42-5/h6-7,15-17,20,22,24-25H,8-14,18-19,21H2,1-5H3/t25-/m0/s1. The Hall–Kier alpha value is -3.30. The van der Waals surface area contributed by atoms with Gasteiger partial charge in [0.1, 0.15) is 12.4 Å². The molecule has 2 saturated heterocycles. The third-order valence-corrected chi connectivity index (χ3v) is 9.15. The highest BCUT2D eigenvalue weighted by Crippen LogP contribution is 2.33. The third-order valence-electron chi connectivity index (χ3n) is 9.15. The molecular formula is C33H44FN5O3. The predicted octanol–water partition coefficient (Wildman–Crippen LogP) is 4.70. The van der Waals surface area contributed by atoms with E-state index in [-0.39, 0.29) is 24.5 Å². The summed E-state index contributed by atoms with van der Waals surface area (Å²) in [7, 11) is 3.32. The van der Waals surface area contributed by atoms with E-state index in [0.717, 1.165) is 74.9 Å². The molecule has 0 N–H and O–H groups in total. The molecule has 3 aromatic rings. The van der Waals surface area contributed by atoms with Crippen LogP contribution in [0.1, 0.15) is 54.6 Å². The third kappa shape index (κ3) is 6.37. The number of hydrogen-bond donors (Lipinski definition) is 0. The Morgan fingerprint density at radius 3 is 2.57 bits per heavy atom. The van der Waals surface area contributed by atoms with Gasteiger partial charge < -0.3 is 24.0 Å². The normalized spacial score (nSPS) is 18.4. The van der Waals surface area contributed by atoms with Crippen molar-refractivity contribution in [1.29, 1.82) is 0 Å². The summed E-state index contributed by atoms with van der Waals surface area (Å²) in [5.74, 6) is 0.601. The van der Waals surface area contributed by atoms with Gasteiger partial charge in [0.25, 0.3) is 5.91 Å².